The molecule has 0 aliphatic heterocycles. The number of nitrogens with one attached hydrogen (secondary N) is 1. The molecule has 0 aliphatic carbocycles. The molecule has 0 heterocycles. The summed E-state index contributed by atoms with van der Waals surface area (Å²) in [5.41, 5.74) is 2.03. The van der Waals surface area contributed by atoms with Crippen LogP contribution in [0.15, 0.2) is 115 Å². The van der Waals surface area contributed by atoms with E-state index >= 15 is 0 Å². The summed E-state index contributed by atoms with van der Waals surface area (Å²) in [5, 5.41) is 2.99. The summed E-state index contributed by atoms with van der Waals surface area (Å²) in [7, 11) is -3.87. The molecule has 2 amide bonds. The Labute approximate surface area is 260 Å². The first-order valence-electron chi connectivity index (χ1n) is 14.7. The Bertz CT molecular complexity index is 1580. The van der Waals surface area contributed by atoms with Crippen LogP contribution in [0, 0.1) is 0 Å². The minimum Gasteiger partial charge on any atom is -0.457 e. The van der Waals surface area contributed by atoms with E-state index in [9.17, 15) is 18.0 Å². The number of sulfonamides is 1. The lowest BCUT2D eigenvalue weighted by Gasteiger charge is -2.33. The fraction of sp³-hybridized carbons (Fsp3) is 0.257. The Hall–Kier alpha value is -4.63. The molecule has 9 heteroatoms. The van der Waals surface area contributed by atoms with Crippen LogP contribution in [0.1, 0.15) is 30.9 Å². The number of ether oxygens (including phenoxy) is 1. The second kappa shape index (κ2) is 15.7. The standard InChI is InChI=1S/C35H39N3O5S/c1-3-4-24-36-35(40)33(25-28-14-8-5-9-15-28)37(26-29-16-10-6-11-17-29)34(39)27-38(44(2,41)42)30-20-22-32(23-21-30)43-31-18-12-7-13-19-31/h5-23,33H,3-4,24-27H2,1-2H3,(H,36,40)/t33-/m1/s1. The van der Waals surface area contributed by atoms with Gasteiger partial charge in [0.2, 0.25) is 21.8 Å². The van der Waals surface area contributed by atoms with Gasteiger partial charge >= 0.3 is 0 Å². The van der Waals surface area contributed by atoms with Gasteiger partial charge in [0.05, 0.1) is 11.9 Å². The highest BCUT2D eigenvalue weighted by atomic mass is 32.2. The summed E-state index contributed by atoms with van der Waals surface area (Å²) >= 11 is 0. The Morgan fingerprint density at radius 1 is 0.773 bits per heavy atom. The third kappa shape index (κ3) is 9.44. The van der Waals surface area contributed by atoms with E-state index in [4.69, 9.17) is 4.74 Å². The first-order chi connectivity index (χ1) is 21.2. The summed E-state index contributed by atoms with van der Waals surface area (Å²) in [6.07, 6.45) is 3.06. The van der Waals surface area contributed by atoms with Crippen LogP contribution in [-0.4, -0.2) is 50.5 Å². The van der Waals surface area contributed by atoms with E-state index in [2.05, 4.69) is 5.32 Å². The van der Waals surface area contributed by atoms with Crippen molar-refractivity contribution in [3.63, 3.8) is 0 Å². The normalized spacial score (nSPS) is 11.8. The van der Waals surface area contributed by atoms with E-state index in [1.807, 2.05) is 97.9 Å². The van der Waals surface area contributed by atoms with Gasteiger partial charge in [0.25, 0.3) is 0 Å². The number of amides is 2. The summed E-state index contributed by atoms with van der Waals surface area (Å²) in [4.78, 5) is 29.3. The molecular weight excluding hydrogens is 574 g/mol. The van der Waals surface area contributed by atoms with Crippen LogP contribution in [0.5, 0.6) is 11.5 Å². The predicted octanol–water partition coefficient (Wildman–Crippen LogP) is 5.80. The number of benzene rings is 4. The van der Waals surface area contributed by atoms with Crippen LogP contribution in [0.4, 0.5) is 5.69 Å². The number of unbranched alkanes of at least 4 members (excludes halogenated alkanes) is 1. The van der Waals surface area contributed by atoms with Gasteiger partial charge in [-0.25, -0.2) is 8.42 Å². The molecule has 0 fully saturated rings. The maximum atomic E-state index is 14.2. The van der Waals surface area contributed by atoms with Crippen LogP contribution in [0.2, 0.25) is 0 Å². The van der Waals surface area contributed by atoms with Gasteiger partial charge in [-0.1, -0.05) is 92.2 Å². The third-order valence-corrected chi connectivity index (χ3v) is 8.22. The average Bonchev–Trinajstić information content (AvgIpc) is 3.03. The van der Waals surface area contributed by atoms with Crippen molar-refractivity contribution in [2.24, 2.45) is 0 Å². The highest BCUT2D eigenvalue weighted by molar-refractivity contribution is 7.92. The van der Waals surface area contributed by atoms with Gasteiger partial charge in [-0.2, -0.15) is 0 Å². The van der Waals surface area contributed by atoms with E-state index in [-0.39, 0.29) is 18.9 Å². The molecule has 44 heavy (non-hydrogen) atoms. The smallest absolute Gasteiger partial charge is 0.244 e. The first-order valence-corrected chi connectivity index (χ1v) is 16.5. The van der Waals surface area contributed by atoms with Crippen molar-refractivity contribution in [1.82, 2.24) is 10.2 Å². The first kappa shape index (κ1) is 32.3. The van der Waals surface area contributed by atoms with Gasteiger partial charge in [-0.05, 0) is 53.9 Å². The number of nitrogens with zero attached hydrogens (tertiary/aromatic N) is 2. The highest BCUT2D eigenvalue weighted by Gasteiger charge is 2.33. The molecule has 0 bridgehead atoms. The molecular formula is C35H39N3O5S. The van der Waals surface area contributed by atoms with E-state index in [1.165, 1.54) is 4.90 Å². The third-order valence-electron chi connectivity index (χ3n) is 7.08. The molecule has 8 nitrogen and oxygen atoms in total. The maximum absolute atomic E-state index is 14.2. The number of carbonyl (C=O) groups is 2. The monoisotopic (exact) mass is 613 g/mol. The van der Waals surface area contributed by atoms with Crippen LogP contribution in [0.25, 0.3) is 0 Å². The van der Waals surface area contributed by atoms with Crippen LogP contribution in [0.3, 0.4) is 0 Å². The zero-order chi connectivity index (χ0) is 31.4. The SMILES string of the molecule is CCCCNC(=O)[C@@H](Cc1ccccc1)N(Cc1ccccc1)C(=O)CN(c1ccc(Oc2ccccc2)cc1)S(C)(=O)=O. The molecule has 0 aromatic heterocycles. The molecule has 0 unspecified atom stereocenters. The number of hydrogen-bond donors (Lipinski definition) is 1. The van der Waals surface area contributed by atoms with Crippen molar-refractivity contribution < 1.29 is 22.7 Å². The highest BCUT2D eigenvalue weighted by Crippen LogP contribution is 2.26. The lowest BCUT2D eigenvalue weighted by Crippen LogP contribution is -2.53. The van der Waals surface area contributed by atoms with Crippen molar-refractivity contribution >= 4 is 27.5 Å². The number of para-hydroxylation sites is 1. The minimum absolute atomic E-state index is 0.139. The zero-order valence-corrected chi connectivity index (χ0v) is 26.0. The van der Waals surface area contributed by atoms with E-state index in [1.54, 1.807) is 24.3 Å². The molecule has 0 aliphatic rings. The minimum atomic E-state index is -3.87. The van der Waals surface area contributed by atoms with Crippen molar-refractivity contribution in [1.29, 1.82) is 0 Å². The molecule has 1 N–H and O–H groups in total. The van der Waals surface area contributed by atoms with Gasteiger partial charge in [-0.15, -0.1) is 0 Å². The Kier molecular flexibility index (Phi) is 11.5. The van der Waals surface area contributed by atoms with E-state index < -0.39 is 28.5 Å². The Balaban J connectivity index is 1.64. The van der Waals surface area contributed by atoms with Crippen molar-refractivity contribution in [2.75, 3.05) is 23.7 Å². The molecule has 0 saturated carbocycles. The number of rotatable bonds is 15. The second-order valence-electron chi connectivity index (χ2n) is 10.5. The van der Waals surface area contributed by atoms with Gasteiger partial charge in [0.1, 0.15) is 24.1 Å². The van der Waals surface area contributed by atoms with E-state index in [0.717, 1.165) is 34.5 Å². The van der Waals surface area contributed by atoms with Crippen LogP contribution >= 0.6 is 0 Å². The molecule has 0 spiro atoms. The lowest BCUT2D eigenvalue weighted by molar-refractivity contribution is -0.140. The molecule has 4 aromatic rings. The summed E-state index contributed by atoms with van der Waals surface area (Å²) in [5.74, 6) is 0.404. The topological polar surface area (TPSA) is 96.0 Å². The Morgan fingerprint density at radius 2 is 1.32 bits per heavy atom. The van der Waals surface area contributed by atoms with Gasteiger partial charge in [0, 0.05) is 19.5 Å². The number of hydrogen-bond acceptors (Lipinski definition) is 5. The second-order valence-corrected chi connectivity index (χ2v) is 12.4. The predicted molar refractivity (Wildman–Crippen MR) is 174 cm³/mol. The molecule has 4 aromatic carbocycles. The maximum Gasteiger partial charge on any atom is 0.244 e. The molecule has 1 atom stereocenters. The van der Waals surface area contributed by atoms with Crippen molar-refractivity contribution in [3.8, 4) is 11.5 Å². The fourth-order valence-corrected chi connectivity index (χ4v) is 5.61. The van der Waals surface area contributed by atoms with Gasteiger partial charge in [0.15, 0.2) is 0 Å². The fourth-order valence-electron chi connectivity index (χ4n) is 4.76. The molecule has 4 rings (SSSR count). The quantitative estimate of drug-likeness (QED) is 0.171. The molecule has 230 valence electrons. The largest absolute Gasteiger partial charge is 0.457 e. The summed E-state index contributed by atoms with van der Waals surface area (Å²) in [6.45, 7) is 2.19. The zero-order valence-electron chi connectivity index (χ0n) is 25.1. The van der Waals surface area contributed by atoms with E-state index in [0.29, 0.717) is 23.7 Å². The van der Waals surface area contributed by atoms with Gasteiger partial charge in [-0.3, -0.25) is 13.9 Å². The number of carbonyl (C=O) groups excluding carboxylic acids is 2. The van der Waals surface area contributed by atoms with Crippen molar-refractivity contribution in [2.45, 2.75) is 38.8 Å². The molecule has 0 saturated heterocycles. The molecule has 0 radical (unpaired) electrons. The summed E-state index contributed by atoms with van der Waals surface area (Å²) in [6, 6.07) is 33.8. The van der Waals surface area contributed by atoms with Gasteiger partial charge < -0.3 is 15.0 Å². The average molecular weight is 614 g/mol. The van der Waals surface area contributed by atoms with Crippen molar-refractivity contribution in [3.05, 3.63) is 126 Å². The Morgan fingerprint density at radius 3 is 1.89 bits per heavy atom. The van der Waals surface area contributed by atoms with Crippen LogP contribution < -0.4 is 14.4 Å². The lowest BCUT2D eigenvalue weighted by atomic mass is 10.0. The number of anilines is 1. The summed E-state index contributed by atoms with van der Waals surface area (Å²) < 4.78 is 33.0. The van der Waals surface area contributed by atoms with Crippen LogP contribution in [-0.2, 0) is 32.6 Å².